The van der Waals surface area contributed by atoms with Crippen LogP contribution in [0.5, 0.6) is 5.75 Å². The smallest absolute Gasteiger partial charge is 0.128 e. The maximum Gasteiger partial charge on any atom is 0.128 e. The van der Waals surface area contributed by atoms with Crippen molar-refractivity contribution in [2.24, 2.45) is 5.84 Å². The van der Waals surface area contributed by atoms with E-state index in [1.165, 1.54) is 6.07 Å². The molecule has 0 aliphatic carbocycles. The van der Waals surface area contributed by atoms with Gasteiger partial charge < -0.3 is 4.74 Å². The molecule has 0 heterocycles. The van der Waals surface area contributed by atoms with E-state index in [0.29, 0.717) is 5.56 Å². The molecule has 1 unspecified atom stereocenters. The molecule has 3 nitrogen and oxygen atoms in total. The number of nitrogens with two attached hydrogens (primary N) is 1. The van der Waals surface area contributed by atoms with Crippen LogP contribution in [0.3, 0.4) is 0 Å². The van der Waals surface area contributed by atoms with Gasteiger partial charge >= 0.3 is 0 Å². The molecule has 112 valence electrons. The molecule has 0 fully saturated rings. The SMILES string of the molecule is COc1cc(C(NN)c2c(C)cc(C)cc2F)ccc1C. The average molecular weight is 288 g/mol. The van der Waals surface area contributed by atoms with Crippen LogP contribution in [0, 0.1) is 26.6 Å². The highest BCUT2D eigenvalue weighted by Gasteiger charge is 2.20. The van der Waals surface area contributed by atoms with Crippen molar-refractivity contribution in [2.45, 2.75) is 26.8 Å². The Kier molecular flexibility index (Phi) is 4.60. The van der Waals surface area contributed by atoms with Crippen molar-refractivity contribution < 1.29 is 9.13 Å². The molecule has 21 heavy (non-hydrogen) atoms. The van der Waals surface area contributed by atoms with Crippen molar-refractivity contribution in [3.63, 3.8) is 0 Å². The Bertz CT molecular complexity index is 632. The minimum atomic E-state index is -0.417. The molecular weight excluding hydrogens is 267 g/mol. The quantitative estimate of drug-likeness (QED) is 0.670. The first-order valence-electron chi connectivity index (χ1n) is 6.85. The lowest BCUT2D eigenvalue weighted by atomic mass is 9.93. The summed E-state index contributed by atoms with van der Waals surface area (Å²) in [4.78, 5) is 0. The van der Waals surface area contributed by atoms with Crippen molar-refractivity contribution in [2.75, 3.05) is 7.11 Å². The third-order valence-electron chi connectivity index (χ3n) is 3.70. The van der Waals surface area contributed by atoms with Crippen LogP contribution >= 0.6 is 0 Å². The molecule has 2 aromatic rings. The summed E-state index contributed by atoms with van der Waals surface area (Å²) in [7, 11) is 1.62. The second-order valence-corrected chi connectivity index (χ2v) is 5.31. The Morgan fingerprint density at radius 2 is 1.81 bits per heavy atom. The van der Waals surface area contributed by atoms with Gasteiger partial charge in [0.15, 0.2) is 0 Å². The van der Waals surface area contributed by atoms with Gasteiger partial charge in [0.05, 0.1) is 13.2 Å². The molecule has 3 N–H and O–H groups in total. The van der Waals surface area contributed by atoms with Crippen molar-refractivity contribution in [1.82, 2.24) is 5.43 Å². The number of rotatable bonds is 4. The number of methoxy groups -OCH3 is 1. The van der Waals surface area contributed by atoms with Crippen molar-refractivity contribution in [3.8, 4) is 5.75 Å². The van der Waals surface area contributed by atoms with Crippen molar-refractivity contribution >= 4 is 0 Å². The molecule has 2 rings (SSSR count). The number of hydrogen-bond acceptors (Lipinski definition) is 3. The fourth-order valence-corrected chi connectivity index (χ4v) is 2.65. The average Bonchev–Trinajstić information content (AvgIpc) is 2.43. The maximum atomic E-state index is 14.4. The lowest BCUT2D eigenvalue weighted by Crippen LogP contribution is -2.30. The van der Waals surface area contributed by atoms with Gasteiger partial charge in [-0.3, -0.25) is 5.84 Å². The van der Waals surface area contributed by atoms with Crippen LogP contribution < -0.4 is 16.0 Å². The van der Waals surface area contributed by atoms with Crippen LogP contribution in [0.25, 0.3) is 0 Å². The molecule has 0 bridgehead atoms. The van der Waals surface area contributed by atoms with Crippen molar-refractivity contribution in [3.05, 3.63) is 64.0 Å². The highest BCUT2D eigenvalue weighted by Crippen LogP contribution is 2.30. The molecule has 0 aliphatic rings. The number of hydrogen-bond donors (Lipinski definition) is 2. The number of hydrazine groups is 1. The summed E-state index contributed by atoms with van der Waals surface area (Å²) in [5.74, 6) is 6.19. The van der Waals surface area contributed by atoms with E-state index in [4.69, 9.17) is 10.6 Å². The largest absolute Gasteiger partial charge is 0.496 e. The van der Waals surface area contributed by atoms with E-state index in [-0.39, 0.29) is 5.82 Å². The highest BCUT2D eigenvalue weighted by molar-refractivity contribution is 5.44. The molecule has 0 amide bonds. The Morgan fingerprint density at radius 3 is 2.38 bits per heavy atom. The van der Waals surface area contributed by atoms with Gasteiger partial charge in [-0.1, -0.05) is 18.2 Å². The van der Waals surface area contributed by atoms with Crippen LogP contribution in [0.15, 0.2) is 30.3 Å². The molecule has 0 radical (unpaired) electrons. The Morgan fingerprint density at radius 1 is 1.10 bits per heavy atom. The molecule has 4 heteroatoms. The van der Waals surface area contributed by atoms with E-state index < -0.39 is 6.04 Å². The summed E-state index contributed by atoms with van der Waals surface area (Å²) in [5.41, 5.74) is 6.93. The van der Waals surface area contributed by atoms with Gasteiger partial charge in [-0.05, 0) is 55.2 Å². The molecule has 0 aromatic heterocycles. The zero-order valence-electron chi connectivity index (χ0n) is 12.8. The van der Waals surface area contributed by atoms with Gasteiger partial charge in [0.1, 0.15) is 11.6 Å². The number of ether oxygens (including phenoxy) is 1. The van der Waals surface area contributed by atoms with Gasteiger partial charge in [0.25, 0.3) is 0 Å². The second-order valence-electron chi connectivity index (χ2n) is 5.31. The van der Waals surface area contributed by atoms with Gasteiger partial charge in [0, 0.05) is 5.56 Å². The number of aryl methyl sites for hydroxylation is 3. The molecule has 0 saturated carbocycles. The van der Waals surface area contributed by atoms with Crippen LogP contribution in [0.2, 0.25) is 0 Å². The zero-order chi connectivity index (χ0) is 15.6. The Balaban J connectivity index is 2.55. The number of halogens is 1. The standard InChI is InChI=1S/C17H21FN2O/c1-10-7-12(3)16(14(18)8-10)17(20-19)13-6-5-11(2)15(9-13)21-4/h5-9,17,20H,19H2,1-4H3. The molecule has 0 spiro atoms. The minimum Gasteiger partial charge on any atom is -0.496 e. The van der Waals surface area contributed by atoms with Crippen LogP contribution in [0.4, 0.5) is 4.39 Å². The number of benzene rings is 2. The van der Waals surface area contributed by atoms with Gasteiger partial charge in [-0.15, -0.1) is 0 Å². The third-order valence-corrected chi connectivity index (χ3v) is 3.70. The zero-order valence-corrected chi connectivity index (χ0v) is 12.8. The maximum absolute atomic E-state index is 14.4. The van der Waals surface area contributed by atoms with Crippen LogP contribution in [-0.2, 0) is 0 Å². The summed E-state index contributed by atoms with van der Waals surface area (Å²) >= 11 is 0. The molecule has 2 aromatic carbocycles. The summed E-state index contributed by atoms with van der Waals surface area (Å²) in [6.07, 6.45) is 0. The Hall–Kier alpha value is -1.91. The monoisotopic (exact) mass is 288 g/mol. The van der Waals surface area contributed by atoms with Gasteiger partial charge in [0.2, 0.25) is 0 Å². The van der Waals surface area contributed by atoms with E-state index in [1.54, 1.807) is 7.11 Å². The van der Waals surface area contributed by atoms with E-state index in [1.807, 2.05) is 45.0 Å². The van der Waals surface area contributed by atoms with E-state index in [2.05, 4.69) is 5.43 Å². The van der Waals surface area contributed by atoms with Crippen LogP contribution in [-0.4, -0.2) is 7.11 Å². The third kappa shape index (κ3) is 3.06. The fourth-order valence-electron chi connectivity index (χ4n) is 2.65. The summed E-state index contributed by atoms with van der Waals surface area (Å²) in [6.45, 7) is 5.73. The molecular formula is C17H21FN2O. The predicted octanol–water partition coefficient (Wildman–Crippen LogP) is 3.31. The summed E-state index contributed by atoms with van der Waals surface area (Å²) in [6, 6.07) is 8.83. The van der Waals surface area contributed by atoms with Crippen LogP contribution in [0.1, 0.15) is 33.9 Å². The predicted molar refractivity (Wildman–Crippen MR) is 82.8 cm³/mol. The first-order valence-corrected chi connectivity index (χ1v) is 6.85. The number of nitrogens with one attached hydrogen (secondary N) is 1. The van der Waals surface area contributed by atoms with Crippen molar-refractivity contribution in [1.29, 1.82) is 0 Å². The second kappa shape index (κ2) is 6.24. The minimum absolute atomic E-state index is 0.255. The fraction of sp³-hybridized carbons (Fsp3) is 0.294. The van der Waals surface area contributed by atoms with E-state index in [0.717, 1.165) is 28.0 Å². The molecule has 1 atom stereocenters. The molecule has 0 aliphatic heterocycles. The first kappa shape index (κ1) is 15.5. The normalized spacial score (nSPS) is 12.3. The lowest BCUT2D eigenvalue weighted by molar-refractivity contribution is 0.410. The lowest BCUT2D eigenvalue weighted by Gasteiger charge is -2.21. The summed E-state index contributed by atoms with van der Waals surface area (Å²) in [5, 5.41) is 0. The molecule has 0 saturated heterocycles. The first-order chi connectivity index (χ1) is 9.97. The topological polar surface area (TPSA) is 47.3 Å². The van der Waals surface area contributed by atoms with Gasteiger partial charge in [-0.2, -0.15) is 0 Å². The van der Waals surface area contributed by atoms with E-state index >= 15 is 0 Å². The Labute approximate surface area is 124 Å². The highest BCUT2D eigenvalue weighted by atomic mass is 19.1. The van der Waals surface area contributed by atoms with E-state index in [9.17, 15) is 4.39 Å². The van der Waals surface area contributed by atoms with Gasteiger partial charge in [-0.25, -0.2) is 9.82 Å². The summed E-state index contributed by atoms with van der Waals surface area (Å²) < 4.78 is 19.7.